The van der Waals surface area contributed by atoms with Crippen molar-refractivity contribution in [3.63, 3.8) is 0 Å². The van der Waals surface area contributed by atoms with Crippen molar-refractivity contribution in [2.24, 2.45) is 0 Å². The number of phenolic OH excluding ortho intramolecular Hbond substituents is 2. The molecule has 3 N–H and O–H groups in total. The monoisotopic (exact) mass is 237 g/mol. The molecule has 1 aliphatic heterocycles. The summed E-state index contributed by atoms with van der Waals surface area (Å²) < 4.78 is 5.36. The lowest BCUT2D eigenvalue weighted by Crippen LogP contribution is -2.31. The largest absolute Gasteiger partial charge is 0.507 e. The van der Waals surface area contributed by atoms with Gasteiger partial charge in [-0.3, -0.25) is 4.79 Å². The van der Waals surface area contributed by atoms with Crippen molar-refractivity contribution in [3.05, 3.63) is 23.8 Å². The zero-order chi connectivity index (χ0) is 12.3. The van der Waals surface area contributed by atoms with Gasteiger partial charge in [-0.1, -0.05) is 6.07 Å². The summed E-state index contributed by atoms with van der Waals surface area (Å²) in [4.78, 5) is 11.8. The smallest absolute Gasteiger partial charge is 0.258 e. The molecule has 1 heterocycles. The van der Waals surface area contributed by atoms with Gasteiger partial charge in [0.05, 0.1) is 6.10 Å². The topological polar surface area (TPSA) is 78.8 Å². The van der Waals surface area contributed by atoms with Gasteiger partial charge in [-0.05, 0) is 25.0 Å². The summed E-state index contributed by atoms with van der Waals surface area (Å²) in [5.74, 6) is -0.944. The average Bonchev–Trinajstić information content (AvgIpc) is 2.79. The number of carbonyl (C=O) groups excluding carboxylic acids is 1. The van der Waals surface area contributed by atoms with Crippen LogP contribution in [0.5, 0.6) is 11.5 Å². The molecule has 1 aromatic carbocycles. The van der Waals surface area contributed by atoms with E-state index >= 15 is 0 Å². The van der Waals surface area contributed by atoms with Crippen molar-refractivity contribution >= 4 is 5.91 Å². The van der Waals surface area contributed by atoms with Gasteiger partial charge in [-0.2, -0.15) is 0 Å². The van der Waals surface area contributed by atoms with Crippen LogP contribution in [-0.2, 0) is 4.74 Å². The maximum atomic E-state index is 11.8. The highest BCUT2D eigenvalue weighted by Crippen LogP contribution is 2.25. The molecule has 2 rings (SSSR count). The van der Waals surface area contributed by atoms with Crippen LogP contribution in [-0.4, -0.2) is 35.4 Å². The van der Waals surface area contributed by atoms with Gasteiger partial charge in [0.1, 0.15) is 17.1 Å². The molecule has 1 saturated heterocycles. The number of rotatable bonds is 3. The average molecular weight is 237 g/mol. The van der Waals surface area contributed by atoms with Crippen LogP contribution in [0.25, 0.3) is 0 Å². The van der Waals surface area contributed by atoms with Crippen molar-refractivity contribution in [1.29, 1.82) is 0 Å². The first kappa shape index (κ1) is 11.7. The van der Waals surface area contributed by atoms with E-state index in [1.165, 1.54) is 18.2 Å². The Hall–Kier alpha value is -1.75. The zero-order valence-electron chi connectivity index (χ0n) is 9.35. The molecule has 1 aliphatic rings. The van der Waals surface area contributed by atoms with E-state index in [0.29, 0.717) is 6.54 Å². The molecule has 0 spiro atoms. The van der Waals surface area contributed by atoms with Crippen LogP contribution in [0, 0.1) is 0 Å². The van der Waals surface area contributed by atoms with Gasteiger partial charge < -0.3 is 20.3 Å². The fraction of sp³-hybridized carbons (Fsp3) is 0.417. The zero-order valence-corrected chi connectivity index (χ0v) is 9.35. The summed E-state index contributed by atoms with van der Waals surface area (Å²) in [7, 11) is 0. The minimum absolute atomic E-state index is 0.0342. The number of benzene rings is 1. The number of hydrogen-bond acceptors (Lipinski definition) is 4. The fourth-order valence-electron chi connectivity index (χ4n) is 1.86. The lowest BCUT2D eigenvalue weighted by atomic mass is 10.1. The first-order chi connectivity index (χ1) is 8.18. The van der Waals surface area contributed by atoms with Crippen LogP contribution in [0.1, 0.15) is 23.2 Å². The Labute approximate surface area is 99.0 Å². The third-order valence-electron chi connectivity index (χ3n) is 2.76. The van der Waals surface area contributed by atoms with E-state index in [2.05, 4.69) is 5.32 Å². The second-order valence-corrected chi connectivity index (χ2v) is 4.02. The Balaban J connectivity index is 1.99. The molecule has 1 unspecified atom stereocenters. The second-order valence-electron chi connectivity index (χ2n) is 4.02. The van der Waals surface area contributed by atoms with Crippen molar-refractivity contribution in [3.8, 4) is 11.5 Å². The van der Waals surface area contributed by atoms with Gasteiger partial charge in [-0.25, -0.2) is 0 Å². The number of nitrogens with one attached hydrogen (secondary N) is 1. The third kappa shape index (κ3) is 2.68. The van der Waals surface area contributed by atoms with E-state index in [9.17, 15) is 15.0 Å². The Bertz CT molecular complexity index is 393. The van der Waals surface area contributed by atoms with Gasteiger partial charge in [0.2, 0.25) is 0 Å². The number of carbonyl (C=O) groups is 1. The number of ether oxygens (including phenoxy) is 1. The molecule has 0 aliphatic carbocycles. The van der Waals surface area contributed by atoms with E-state index in [1.807, 2.05) is 0 Å². The van der Waals surface area contributed by atoms with Gasteiger partial charge in [-0.15, -0.1) is 0 Å². The predicted octanol–water partition coefficient (Wildman–Crippen LogP) is 1.01. The second kappa shape index (κ2) is 5.05. The maximum Gasteiger partial charge on any atom is 0.258 e. The molecule has 0 aromatic heterocycles. The van der Waals surface area contributed by atoms with Crippen LogP contribution in [0.2, 0.25) is 0 Å². The summed E-state index contributed by atoms with van der Waals surface area (Å²) in [6, 6.07) is 4.20. The molecule has 17 heavy (non-hydrogen) atoms. The molecular weight excluding hydrogens is 222 g/mol. The summed E-state index contributed by atoms with van der Waals surface area (Å²) >= 11 is 0. The van der Waals surface area contributed by atoms with Crippen molar-refractivity contribution < 1.29 is 19.7 Å². The fourth-order valence-corrected chi connectivity index (χ4v) is 1.86. The van der Waals surface area contributed by atoms with E-state index in [0.717, 1.165) is 19.4 Å². The van der Waals surface area contributed by atoms with Gasteiger partial charge in [0, 0.05) is 13.2 Å². The Morgan fingerprint density at radius 2 is 2.12 bits per heavy atom. The van der Waals surface area contributed by atoms with Crippen molar-refractivity contribution in [2.45, 2.75) is 18.9 Å². The molecule has 5 heteroatoms. The number of phenols is 2. The highest BCUT2D eigenvalue weighted by molar-refractivity contribution is 5.99. The Morgan fingerprint density at radius 3 is 2.71 bits per heavy atom. The Kier molecular flexibility index (Phi) is 3.49. The van der Waals surface area contributed by atoms with Gasteiger partial charge >= 0.3 is 0 Å². The van der Waals surface area contributed by atoms with Crippen molar-refractivity contribution in [1.82, 2.24) is 5.32 Å². The molecule has 1 atom stereocenters. The minimum atomic E-state index is -0.490. The molecule has 1 aromatic rings. The van der Waals surface area contributed by atoms with E-state index in [1.54, 1.807) is 0 Å². The molecule has 5 nitrogen and oxygen atoms in total. The lowest BCUT2D eigenvalue weighted by Gasteiger charge is -2.12. The first-order valence-corrected chi connectivity index (χ1v) is 5.59. The van der Waals surface area contributed by atoms with Crippen LogP contribution >= 0.6 is 0 Å². The molecule has 0 bridgehead atoms. The number of hydrogen-bond donors (Lipinski definition) is 3. The van der Waals surface area contributed by atoms with E-state index < -0.39 is 5.91 Å². The minimum Gasteiger partial charge on any atom is -0.507 e. The van der Waals surface area contributed by atoms with Crippen LogP contribution in [0.4, 0.5) is 0 Å². The third-order valence-corrected chi connectivity index (χ3v) is 2.76. The molecule has 0 saturated carbocycles. The summed E-state index contributed by atoms with van der Waals surface area (Å²) in [6.07, 6.45) is 1.96. The molecule has 0 radical (unpaired) electrons. The molecule has 1 fully saturated rings. The van der Waals surface area contributed by atoms with Crippen LogP contribution in [0.3, 0.4) is 0 Å². The van der Waals surface area contributed by atoms with Gasteiger partial charge in [0.25, 0.3) is 5.91 Å². The SMILES string of the molecule is O=C(NCC1CCCO1)c1c(O)cccc1O. The van der Waals surface area contributed by atoms with Crippen LogP contribution in [0.15, 0.2) is 18.2 Å². The summed E-state index contributed by atoms with van der Waals surface area (Å²) in [5, 5.41) is 21.6. The first-order valence-electron chi connectivity index (χ1n) is 5.59. The number of amides is 1. The maximum absolute atomic E-state index is 11.8. The normalized spacial score (nSPS) is 19.2. The van der Waals surface area contributed by atoms with Crippen LogP contribution < -0.4 is 5.32 Å². The molecule has 92 valence electrons. The highest BCUT2D eigenvalue weighted by Gasteiger charge is 2.19. The summed E-state index contributed by atoms with van der Waals surface area (Å²) in [5.41, 5.74) is -0.0921. The Morgan fingerprint density at radius 1 is 1.41 bits per heavy atom. The molecular formula is C12H15NO4. The predicted molar refractivity (Wildman–Crippen MR) is 61.1 cm³/mol. The van der Waals surface area contributed by atoms with E-state index in [4.69, 9.17) is 4.74 Å². The quantitative estimate of drug-likeness (QED) is 0.733. The standard InChI is InChI=1S/C12H15NO4/c14-9-4-1-5-10(15)11(9)12(16)13-7-8-3-2-6-17-8/h1,4-5,8,14-15H,2-3,6-7H2,(H,13,16). The molecule has 1 amide bonds. The summed E-state index contributed by atoms with van der Waals surface area (Å²) in [6.45, 7) is 1.12. The lowest BCUT2D eigenvalue weighted by molar-refractivity contribution is 0.0853. The van der Waals surface area contributed by atoms with Crippen molar-refractivity contribution in [2.75, 3.05) is 13.2 Å². The highest BCUT2D eigenvalue weighted by atomic mass is 16.5. The number of aromatic hydroxyl groups is 2. The van der Waals surface area contributed by atoms with E-state index in [-0.39, 0.29) is 23.2 Å². The van der Waals surface area contributed by atoms with Gasteiger partial charge in [0.15, 0.2) is 0 Å².